The van der Waals surface area contributed by atoms with Crippen LogP contribution < -0.4 is 37.6 Å². The van der Waals surface area contributed by atoms with Gasteiger partial charge in [0.15, 0.2) is 17.0 Å². The fraction of sp³-hybridized carbons (Fsp3) is 0.375. The van der Waals surface area contributed by atoms with Crippen LogP contribution in [0.4, 0.5) is 23.1 Å². The number of anilines is 4. The minimum atomic E-state index is -1.12. The van der Waals surface area contributed by atoms with Gasteiger partial charge >= 0.3 is 5.97 Å². The molecule has 0 spiro atoms. The number of aromatic nitrogens is 4. The molecule has 0 aliphatic carbocycles. The number of rotatable bonds is 15. The predicted molar refractivity (Wildman–Crippen MR) is 218 cm³/mol. The number of nitrogens with two attached hydrogens (primary N) is 2. The van der Waals surface area contributed by atoms with Gasteiger partial charge in [-0.05, 0) is 76.4 Å². The van der Waals surface area contributed by atoms with Gasteiger partial charge in [-0.2, -0.15) is 9.97 Å². The third-order valence-electron chi connectivity index (χ3n) is 9.59. The number of carbonyl (C=O) groups is 7. The second-order valence-electron chi connectivity index (χ2n) is 15.3. The standard InChI is InChI=1S/C40H46N12O8/c1-40(2,3)60-38(59)26(47-34(55)21-9-11-23(12-10-21)51(4)20-22-19-45-33-31(46-22)32(41)49-39(42)50-33)13-15-28(53)44-18-6-17-43-25-8-5-7-24-30(25)37(58)52(36(24)57)27-14-16-29(54)48-35(27)56/h5,7-12,19,26-27,43H,6,13-18,20H2,1-4H3,(H,44,53)(H,47,55)(H,48,54,56)(H4,41,42,45,49,50)/t26-,27?/m0/s1. The molecule has 314 valence electrons. The molecule has 1 saturated heterocycles. The Morgan fingerprint density at radius 3 is 2.47 bits per heavy atom. The molecule has 2 aliphatic heterocycles. The molecule has 20 heteroatoms. The second kappa shape index (κ2) is 17.7. The highest BCUT2D eigenvalue weighted by Gasteiger charge is 2.45. The number of nitrogen functional groups attached to an aromatic ring is 2. The van der Waals surface area contributed by atoms with E-state index in [4.69, 9.17) is 16.2 Å². The van der Waals surface area contributed by atoms with E-state index < -0.39 is 53.2 Å². The molecule has 2 aromatic carbocycles. The van der Waals surface area contributed by atoms with Crippen molar-refractivity contribution in [1.82, 2.24) is 40.8 Å². The molecule has 6 amide bonds. The van der Waals surface area contributed by atoms with Gasteiger partial charge in [-0.3, -0.25) is 39.0 Å². The first-order valence-corrected chi connectivity index (χ1v) is 19.2. The Morgan fingerprint density at radius 1 is 1.00 bits per heavy atom. The Balaban J connectivity index is 0.989. The molecule has 0 saturated carbocycles. The maximum atomic E-state index is 13.4. The second-order valence-corrected chi connectivity index (χ2v) is 15.3. The lowest BCUT2D eigenvalue weighted by Crippen LogP contribution is -2.54. The molecule has 4 aromatic rings. The normalized spacial score (nSPS) is 15.6. The van der Waals surface area contributed by atoms with Gasteiger partial charge in [-0.1, -0.05) is 6.07 Å². The Kier molecular flexibility index (Phi) is 12.5. The van der Waals surface area contributed by atoms with Crippen molar-refractivity contribution in [2.24, 2.45) is 0 Å². The first-order valence-electron chi connectivity index (χ1n) is 19.2. The zero-order valence-electron chi connectivity index (χ0n) is 33.5. The van der Waals surface area contributed by atoms with Crippen molar-refractivity contribution in [1.29, 1.82) is 0 Å². The molecule has 2 aliphatic rings. The van der Waals surface area contributed by atoms with Crippen molar-refractivity contribution in [2.75, 3.05) is 41.8 Å². The van der Waals surface area contributed by atoms with Crippen LogP contribution >= 0.6 is 0 Å². The van der Waals surface area contributed by atoms with Crippen molar-refractivity contribution in [3.8, 4) is 0 Å². The molecule has 0 bridgehead atoms. The monoisotopic (exact) mass is 822 g/mol. The smallest absolute Gasteiger partial charge is 0.329 e. The van der Waals surface area contributed by atoms with E-state index in [9.17, 15) is 33.6 Å². The van der Waals surface area contributed by atoms with Gasteiger partial charge in [0.1, 0.15) is 17.7 Å². The molecule has 1 fully saturated rings. The van der Waals surface area contributed by atoms with Gasteiger partial charge in [0.05, 0.1) is 29.6 Å². The molecular weight excluding hydrogens is 777 g/mol. The lowest BCUT2D eigenvalue weighted by molar-refractivity contribution is -0.157. The van der Waals surface area contributed by atoms with Crippen LogP contribution in [-0.4, -0.2) is 104 Å². The quantitative estimate of drug-likeness (QED) is 0.0562. The van der Waals surface area contributed by atoms with E-state index >= 15 is 0 Å². The summed E-state index contributed by atoms with van der Waals surface area (Å²) in [7, 11) is 1.84. The molecule has 20 nitrogen and oxygen atoms in total. The molecular formula is C40H46N12O8. The van der Waals surface area contributed by atoms with Gasteiger partial charge in [-0.15, -0.1) is 0 Å². The van der Waals surface area contributed by atoms with Gasteiger partial charge in [0, 0.05) is 49.9 Å². The predicted octanol–water partition coefficient (Wildman–Crippen LogP) is 1.46. The summed E-state index contributed by atoms with van der Waals surface area (Å²) in [6.45, 7) is 6.02. The maximum Gasteiger partial charge on any atom is 0.329 e. The number of amides is 6. The minimum absolute atomic E-state index is 0.00287. The van der Waals surface area contributed by atoms with Crippen molar-refractivity contribution >= 4 is 75.7 Å². The summed E-state index contributed by atoms with van der Waals surface area (Å²) < 4.78 is 5.55. The Hall–Kier alpha value is -7.25. The Bertz CT molecular complexity index is 2360. The van der Waals surface area contributed by atoms with E-state index in [0.717, 1.165) is 10.6 Å². The van der Waals surface area contributed by atoms with Crippen LogP contribution in [0.3, 0.4) is 0 Å². The van der Waals surface area contributed by atoms with Crippen LogP contribution in [0.25, 0.3) is 11.2 Å². The van der Waals surface area contributed by atoms with Crippen molar-refractivity contribution < 1.29 is 38.3 Å². The van der Waals surface area contributed by atoms with E-state index in [1.54, 1.807) is 63.4 Å². The topological polar surface area (TPSA) is 287 Å². The summed E-state index contributed by atoms with van der Waals surface area (Å²) in [4.78, 5) is 109. The minimum Gasteiger partial charge on any atom is -0.458 e. The molecule has 8 N–H and O–H groups in total. The van der Waals surface area contributed by atoms with Crippen LogP contribution in [0.5, 0.6) is 0 Å². The maximum absolute atomic E-state index is 13.4. The molecule has 0 radical (unpaired) electrons. The van der Waals surface area contributed by atoms with Crippen molar-refractivity contribution in [3.05, 3.63) is 71.0 Å². The highest BCUT2D eigenvalue weighted by atomic mass is 16.6. The van der Waals surface area contributed by atoms with Gasteiger partial charge in [0.2, 0.25) is 23.7 Å². The molecule has 2 atom stereocenters. The van der Waals surface area contributed by atoms with E-state index in [1.807, 2.05) is 11.9 Å². The molecule has 60 heavy (non-hydrogen) atoms. The first kappa shape index (κ1) is 42.4. The number of nitrogens with one attached hydrogen (secondary N) is 4. The average Bonchev–Trinajstić information content (AvgIpc) is 3.44. The summed E-state index contributed by atoms with van der Waals surface area (Å²) in [5.41, 5.74) is 13.7. The number of imide groups is 2. The third-order valence-corrected chi connectivity index (χ3v) is 9.59. The number of hydrogen-bond acceptors (Lipinski definition) is 16. The SMILES string of the molecule is CN(Cc1cnc2nc(N)nc(N)c2n1)c1ccc(C(=O)N[C@@H](CCC(=O)NCCCNc2cccc3c2C(=O)N(C2CCC(=O)NC2=O)C3=O)C(=O)OC(C)(C)C)cc1. The molecule has 2 aromatic heterocycles. The summed E-state index contributed by atoms with van der Waals surface area (Å²) in [6, 6.07) is 9.27. The van der Waals surface area contributed by atoms with Crippen LogP contribution in [0.1, 0.15) is 89.6 Å². The highest BCUT2D eigenvalue weighted by molar-refractivity contribution is 6.25. The zero-order valence-corrected chi connectivity index (χ0v) is 33.5. The number of benzene rings is 2. The number of esters is 1. The van der Waals surface area contributed by atoms with Crippen LogP contribution in [0.15, 0.2) is 48.7 Å². The summed E-state index contributed by atoms with van der Waals surface area (Å²) in [6.07, 6.45) is 1.93. The summed E-state index contributed by atoms with van der Waals surface area (Å²) in [5, 5.41) is 10.8. The van der Waals surface area contributed by atoms with Crippen LogP contribution in [0, 0.1) is 0 Å². The fourth-order valence-corrected chi connectivity index (χ4v) is 6.69. The molecule has 4 heterocycles. The number of nitrogens with zero attached hydrogens (tertiary/aromatic N) is 6. The van der Waals surface area contributed by atoms with Crippen molar-refractivity contribution in [3.63, 3.8) is 0 Å². The number of ether oxygens (including phenoxy) is 1. The third kappa shape index (κ3) is 9.88. The largest absolute Gasteiger partial charge is 0.458 e. The van der Waals surface area contributed by atoms with Gasteiger partial charge < -0.3 is 37.1 Å². The van der Waals surface area contributed by atoms with Crippen molar-refractivity contribution in [2.45, 2.75) is 77.1 Å². The zero-order chi connectivity index (χ0) is 43.3. The summed E-state index contributed by atoms with van der Waals surface area (Å²) in [5.74, 6) is -3.84. The number of fused-ring (bicyclic) bond motifs is 2. The van der Waals surface area contributed by atoms with Crippen LogP contribution in [-0.2, 0) is 30.5 Å². The molecule has 6 rings (SSSR count). The fourth-order valence-electron chi connectivity index (χ4n) is 6.69. The average molecular weight is 823 g/mol. The number of piperidine rings is 1. The Labute approximate surface area is 344 Å². The lowest BCUT2D eigenvalue weighted by Gasteiger charge is -2.27. The number of hydrogen-bond donors (Lipinski definition) is 6. The highest BCUT2D eigenvalue weighted by Crippen LogP contribution is 2.32. The van der Waals surface area contributed by atoms with E-state index in [1.165, 1.54) is 6.07 Å². The summed E-state index contributed by atoms with van der Waals surface area (Å²) >= 11 is 0. The Morgan fingerprint density at radius 2 is 1.75 bits per heavy atom. The van der Waals surface area contributed by atoms with E-state index in [-0.39, 0.29) is 72.2 Å². The number of carbonyl (C=O) groups excluding carboxylic acids is 7. The van der Waals surface area contributed by atoms with Crippen LogP contribution in [0.2, 0.25) is 0 Å². The lowest BCUT2D eigenvalue weighted by atomic mass is 10.0. The van der Waals surface area contributed by atoms with E-state index in [2.05, 4.69) is 41.2 Å². The van der Waals surface area contributed by atoms with E-state index in [0.29, 0.717) is 36.4 Å². The first-order chi connectivity index (χ1) is 28.5. The molecule has 1 unspecified atom stereocenters. The van der Waals surface area contributed by atoms with Gasteiger partial charge in [-0.25, -0.2) is 14.8 Å². The van der Waals surface area contributed by atoms with Gasteiger partial charge in [0.25, 0.3) is 17.7 Å².